The Hall–Kier alpha value is -2.60. The Labute approximate surface area is 129 Å². The van der Waals surface area contributed by atoms with Gasteiger partial charge in [0.25, 0.3) is 0 Å². The predicted molar refractivity (Wildman–Crippen MR) is 83.6 cm³/mol. The highest BCUT2D eigenvalue weighted by Crippen LogP contribution is 2.19. The van der Waals surface area contributed by atoms with Crippen LogP contribution < -0.4 is 10.5 Å². The number of aliphatic carboxylic acids is 1. The molecule has 6 heteroatoms. The molecule has 22 heavy (non-hydrogen) atoms. The number of hydrogen-bond acceptors (Lipinski definition) is 5. The number of anilines is 1. The van der Waals surface area contributed by atoms with E-state index < -0.39 is 12.0 Å². The smallest absolute Gasteiger partial charge is 0.325 e. The zero-order chi connectivity index (χ0) is 15.9. The number of carbonyl (C=O) groups is 1. The maximum absolute atomic E-state index is 11.5. The van der Waals surface area contributed by atoms with Gasteiger partial charge in [-0.15, -0.1) is 0 Å². The van der Waals surface area contributed by atoms with Gasteiger partial charge in [-0.05, 0) is 30.8 Å². The number of rotatable bonds is 7. The number of nitrogens with two attached hydrogens (primary N) is 1. The first kappa shape index (κ1) is 15.8. The molecular formula is C16H19N3O3. The Bertz CT molecular complexity index is 602. The fourth-order valence-electron chi connectivity index (χ4n) is 2.12. The molecular weight excluding hydrogens is 282 g/mol. The van der Waals surface area contributed by atoms with Gasteiger partial charge in [0.15, 0.2) is 0 Å². The highest BCUT2D eigenvalue weighted by Gasteiger charge is 2.24. The number of nitrogens with zero attached hydrogens (tertiary/aromatic N) is 2. The number of pyridine rings is 1. The zero-order valence-electron chi connectivity index (χ0n) is 12.3. The number of carboxylic acid groups (broad SMARTS) is 1. The second-order valence-corrected chi connectivity index (χ2v) is 4.90. The summed E-state index contributed by atoms with van der Waals surface area (Å²) in [6, 6.07) is 11.9. The van der Waals surface area contributed by atoms with E-state index in [0.29, 0.717) is 24.5 Å². The second kappa shape index (κ2) is 7.42. The van der Waals surface area contributed by atoms with Crippen molar-refractivity contribution in [2.24, 2.45) is 0 Å². The van der Waals surface area contributed by atoms with Gasteiger partial charge in [-0.3, -0.25) is 9.69 Å². The minimum atomic E-state index is -0.936. The van der Waals surface area contributed by atoms with E-state index in [1.807, 2.05) is 30.3 Å². The van der Waals surface area contributed by atoms with Gasteiger partial charge in [0, 0.05) is 12.7 Å². The van der Waals surface area contributed by atoms with Crippen molar-refractivity contribution in [1.29, 1.82) is 0 Å². The van der Waals surface area contributed by atoms with Gasteiger partial charge in [0.2, 0.25) is 0 Å². The average molecular weight is 301 g/mol. The summed E-state index contributed by atoms with van der Waals surface area (Å²) in [4.78, 5) is 17.2. The Kier molecular flexibility index (Phi) is 5.32. The van der Waals surface area contributed by atoms with Gasteiger partial charge >= 0.3 is 5.97 Å². The van der Waals surface area contributed by atoms with E-state index in [0.717, 1.165) is 5.75 Å². The van der Waals surface area contributed by atoms with Crippen molar-refractivity contribution in [3.05, 3.63) is 54.2 Å². The normalized spacial score (nSPS) is 12.1. The van der Waals surface area contributed by atoms with Crippen molar-refractivity contribution in [2.75, 3.05) is 25.9 Å². The van der Waals surface area contributed by atoms with Crippen LogP contribution in [0, 0.1) is 0 Å². The Morgan fingerprint density at radius 3 is 2.64 bits per heavy atom. The summed E-state index contributed by atoms with van der Waals surface area (Å²) >= 11 is 0. The summed E-state index contributed by atoms with van der Waals surface area (Å²) in [5, 5.41) is 9.44. The van der Waals surface area contributed by atoms with Crippen molar-refractivity contribution in [3.63, 3.8) is 0 Å². The minimum Gasteiger partial charge on any atom is -0.492 e. The van der Waals surface area contributed by atoms with Crippen LogP contribution in [0.25, 0.3) is 0 Å². The van der Waals surface area contributed by atoms with E-state index in [4.69, 9.17) is 10.5 Å². The van der Waals surface area contributed by atoms with Crippen molar-refractivity contribution < 1.29 is 14.6 Å². The Morgan fingerprint density at radius 1 is 1.32 bits per heavy atom. The first-order valence-electron chi connectivity index (χ1n) is 6.90. The number of carboxylic acids is 1. The summed E-state index contributed by atoms with van der Waals surface area (Å²) in [6.45, 7) is 0.864. The molecule has 1 heterocycles. The van der Waals surface area contributed by atoms with E-state index in [-0.39, 0.29) is 0 Å². The molecule has 2 rings (SSSR count). The summed E-state index contributed by atoms with van der Waals surface area (Å²) < 4.78 is 5.59. The van der Waals surface area contributed by atoms with Gasteiger partial charge in [-0.1, -0.05) is 24.3 Å². The fraction of sp³-hybridized carbons (Fsp3) is 0.250. The number of ether oxygens (including phenoxy) is 1. The van der Waals surface area contributed by atoms with Gasteiger partial charge in [-0.2, -0.15) is 0 Å². The van der Waals surface area contributed by atoms with Crippen LogP contribution in [-0.2, 0) is 4.79 Å². The molecule has 0 aliphatic rings. The summed E-state index contributed by atoms with van der Waals surface area (Å²) in [5.41, 5.74) is 6.12. The van der Waals surface area contributed by atoms with E-state index in [1.54, 1.807) is 24.1 Å². The molecule has 0 saturated heterocycles. The lowest BCUT2D eigenvalue weighted by molar-refractivity contribution is -0.143. The number of benzene rings is 1. The standard InChI is InChI=1S/C16H19N3O3/c1-19(9-10-22-13-5-3-2-4-6-13)15(16(20)21)12-7-8-14(17)18-11-12/h2-8,11,15H,9-10H2,1H3,(H2,17,18)(H,20,21)/t15-/m1/s1. The number of hydrogen-bond donors (Lipinski definition) is 2. The average Bonchev–Trinajstić information content (AvgIpc) is 2.50. The number of nitrogen functional groups attached to an aromatic ring is 1. The van der Waals surface area contributed by atoms with E-state index in [1.165, 1.54) is 6.20 Å². The first-order valence-corrected chi connectivity index (χ1v) is 6.90. The summed E-state index contributed by atoms with van der Waals surface area (Å²) in [6.07, 6.45) is 1.49. The van der Waals surface area contributed by atoms with Gasteiger partial charge in [-0.25, -0.2) is 4.98 Å². The van der Waals surface area contributed by atoms with E-state index in [9.17, 15) is 9.90 Å². The largest absolute Gasteiger partial charge is 0.492 e. The van der Waals surface area contributed by atoms with Crippen LogP contribution >= 0.6 is 0 Å². The summed E-state index contributed by atoms with van der Waals surface area (Å²) in [7, 11) is 1.74. The van der Waals surface area contributed by atoms with Crippen molar-refractivity contribution in [3.8, 4) is 5.75 Å². The number of aromatic nitrogens is 1. The van der Waals surface area contributed by atoms with Crippen LogP contribution in [0.4, 0.5) is 5.82 Å². The van der Waals surface area contributed by atoms with Crippen molar-refractivity contribution in [2.45, 2.75) is 6.04 Å². The maximum Gasteiger partial charge on any atom is 0.325 e. The molecule has 1 aromatic carbocycles. The molecule has 3 N–H and O–H groups in total. The molecule has 1 atom stereocenters. The summed E-state index contributed by atoms with van der Waals surface area (Å²) in [5.74, 6) is 0.189. The van der Waals surface area contributed by atoms with Crippen LogP contribution in [0.2, 0.25) is 0 Å². The molecule has 0 radical (unpaired) electrons. The molecule has 0 unspecified atom stereocenters. The van der Waals surface area contributed by atoms with Crippen LogP contribution in [0.5, 0.6) is 5.75 Å². The van der Waals surface area contributed by atoms with Crippen LogP contribution in [0.3, 0.4) is 0 Å². The van der Waals surface area contributed by atoms with Gasteiger partial charge in [0.1, 0.15) is 24.2 Å². The molecule has 1 aromatic heterocycles. The van der Waals surface area contributed by atoms with E-state index >= 15 is 0 Å². The predicted octanol–water partition coefficient (Wildman–Crippen LogP) is 1.80. The molecule has 116 valence electrons. The lowest BCUT2D eigenvalue weighted by Gasteiger charge is -2.24. The molecule has 0 amide bonds. The van der Waals surface area contributed by atoms with Crippen LogP contribution in [0.1, 0.15) is 11.6 Å². The molecule has 0 aliphatic carbocycles. The molecule has 0 spiro atoms. The SMILES string of the molecule is CN(CCOc1ccccc1)[C@@H](C(=O)O)c1ccc(N)nc1. The molecule has 0 fully saturated rings. The third kappa shape index (κ3) is 4.20. The second-order valence-electron chi connectivity index (χ2n) is 4.90. The Morgan fingerprint density at radius 2 is 2.05 bits per heavy atom. The number of likely N-dealkylation sites (N-methyl/N-ethyl adjacent to an activating group) is 1. The lowest BCUT2D eigenvalue weighted by Crippen LogP contribution is -2.34. The third-order valence-corrected chi connectivity index (χ3v) is 3.26. The highest BCUT2D eigenvalue weighted by atomic mass is 16.5. The molecule has 0 saturated carbocycles. The molecule has 0 aliphatic heterocycles. The molecule has 0 bridgehead atoms. The highest BCUT2D eigenvalue weighted by molar-refractivity contribution is 5.75. The monoisotopic (exact) mass is 301 g/mol. The topological polar surface area (TPSA) is 88.7 Å². The third-order valence-electron chi connectivity index (χ3n) is 3.26. The van der Waals surface area contributed by atoms with Crippen LogP contribution in [0.15, 0.2) is 48.7 Å². The lowest BCUT2D eigenvalue weighted by atomic mass is 10.1. The zero-order valence-corrected chi connectivity index (χ0v) is 12.3. The first-order chi connectivity index (χ1) is 10.6. The van der Waals surface area contributed by atoms with Crippen molar-refractivity contribution in [1.82, 2.24) is 9.88 Å². The van der Waals surface area contributed by atoms with Gasteiger partial charge < -0.3 is 15.6 Å². The minimum absolute atomic E-state index is 0.364. The quantitative estimate of drug-likeness (QED) is 0.810. The van der Waals surface area contributed by atoms with Crippen LogP contribution in [-0.4, -0.2) is 41.2 Å². The molecule has 2 aromatic rings. The Balaban J connectivity index is 1.96. The van der Waals surface area contributed by atoms with Crippen molar-refractivity contribution >= 4 is 11.8 Å². The van der Waals surface area contributed by atoms with E-state index in [2.05, 4.69) is 4.98 Å². The fourth-order valence-corrected chi connectivity index (χ4v) is 2.12. The maximum atomic E-state index is 11.5. The van der Waals surface area contributed by atoms with Gasteiger partial charge in [0.05, 0.1) is 0 Å². The number of para-hydroxylation sites is 1. The molecule has 6 nitrogen and oxygen atoms in total.